The van der Waals surface area contributed by atoms with E-state index in [1.807, 2.05) is 6.92 Å². The molecule has 0 saturated heterocycles. The average molecular weight is 336 g/mol. The number of aromatic nitrogens is 2. The Balaban J connectivity index is 2.15. The van der Waals surface area contributed by atoms with E-state index in [-0.39, 0.29) is 5.91 Å². The van der Waals surface area contributed by atoms with Gasteiger partial charge in [0, 0.05) is 24.8 Å². The number of nitrogens with one attached hydrogen (secondary N) is 1. The van der Waals surface area contributed by atoms with Crippen molar-refractivity contribution >= 4 is 29.3 Å². The number of rotatable bonds is 5. The van der Waals surface area contributed by atoms with Crippen molar-refractivity contribution in [1.29, 1.82) is 0 Å². The van der Waals surface area contributed by atoms with E-state index in [1.165, 1.54) is 13.2 Å². The maximum absolute atomic E-state index is 12.1. The first-order valence-corrected chi connectivity index (χ1v) is 7.24. The van der Waals surface area contributed by atoms with Crippen molar-refractivity contribution < 1.29 is 14.3 Å². The topological polar surface area (TPSA) is 65.4 Å². The van der Waals surface area contributed by atoms with Gasteiger partial charge in [0.05, 0.1) is 25.6 Å². The molecule has 1 heterocycles. The third-order valence-corrected chi connectivity index (χ3v) is 3.71. The SMILES string of the molecule is COc1ccc(NC(=O)/C=C/c2c(C)nn(C)c2Cl)c(OC)c1. The third kappa shape index (κ3) is 3.84. The molecule has 122 valence electrons. The van der Waals surface area contributed by atoms with Gasteiger partial charge < -0.3 is 14.8 Å². The number of halogens is 1. The molecular weight excluding hydrogens is 318 g/mol. The lowest BCUT2D eigenvalue weighted by Crippen LogP contribution is -2.09. The van der Waals surface area contributed by atoms with Gasteiger partial charge in [0.2, 0.25) is 5.91 Å². The van der Waals surface area contributed by atoms with E-state index in [0.29, 0.717) is 27.9 Å². The highest BCUT2D eigenvalue weighted by Crippen LogP contribution is 2.29. The molecule has 1 N–H and O–H groups in total. The second-order valence-electron chi connectivity index (χ2n) is 4.80. The van der Waals surface area contributed by atoms with Crippen LogP contribution in [0.3, 0.4) is 0 Å². The zero-order valence-electron chi connectivity index (χ0n) is 13.4. The standard InChI is InChI=1S/C16H18ClN3O3/c1-10-12(16(17)20(2)19-10)6-8-15(21)18-13-7-5-11(22-3)9-14(13)23-4/h5-9H,1-4H3,(H,18,21)/b8-6+. The van der Waals surface area contributed by atoms with Gasteiger partial charge >= 0.3 is 0 Å². The highest BCUT2D eigenvalue weighted by atomic mass is 35.5. The normalized spacial score (nSPS) is 10.8. The predicted octanol–water partition coefficient (Wildman–Crippen LogP) is 3.05. The van der Waals surface area contributed by atoms with Crippen LogP contribution < -0.4 is 14.8 Å². The fraction of sp³-hybridized carbons (Fsp3) is 0.250. The first-order valence-electron chi connectivity index (χ1n) is 6.86. The van der Waals surface area contributed by atoms with Crippen molar-refractivity contribution in [3.05, 3.63) is 40.7 Å². The van der Waals surface area contributed by atoms with E-state index in [9.17, 15) is 4.79 Å². The summed E-state index contributed by atoms with van der Waals surface area (Å²) >= 11 is 6.12. The average Bonchev–Trinajstić information content (AvgIpc) is 2.78. The van der Waals surface area contributed by atoms with Crippen molar-refractivity contribution in [3.8, 4) is 11.5 Å². The van der Waals surface area contributed by atoms with Crippen LogP contribution in [-0.4, -0.2) is 29.9 Å². The van der Waals surface area contributed by atoms with E-state index in [2.05, 4.69) is 10.4 Å². The number of hydrogen-bond acceptors (Lipinski definition) is 4. The molecule has 1 aromatic heterocycles. The lowest BCUT2D eigenvalue weighted by Gasteiger charge is -2.10. The number of nitrogens with zero attached hydrogens (tertiary/aromatic N) is 2. The smallest absolute Gasteiger partial charge is 0.248 e. The predicted molar refractivity (Wildman–Crippen MR) is 90.2 cm³/mol. The second-order valence-corrected chi connectivity index (χ2v) is 5.16. The molecule has 0 saturated carbocycles. The summed E-state index contributed by atoms with van der Waals surface area (Å²) < 4.78 is 11.9. The van der Waals surface area contributed by atoms with Crippen molar-refractivity contribution in [1.82, 2.24) is 9.78 Å². The maximum Gasteiger partial charge on any atom is 0.248 e. The minimum Gasteiger partial charge on any atom is -0.497 e. The molecule has 0 spiro atoms. The molecule has 0 aliphatic rings. The molecule has 2 rings (SSSR count). The maximum atomic E-state index is 12.1. The molecule has 7 heteroatoms. The Labute approximate surface area is 139 Å². The Kier molecular flexibility index (Phi) is 5.28. The Hall–Kier alpha value is -2.47. The number of aryl methyl sites for hydroxylation is 2. The molecule has 1 amide bonds. The molecule has 2 aromatic rings. The van der Waals surface area contributed by atoms with E-state index in [0.717, 1.165) is 5.69 Å². The van der Waals surface area contributed by atoms with Crippen LogP contribution in [-0.2, 0) is 11.8 Å². The van der Waals surface area contributed by atoms with Crippen LogP contribution in [0.1, 0.15) is 11.3 Å². The van der Waals surface area contributed by atoms with Gasteiger partial charge in [0.15, 0.2) is 0 Å². The number of ether oxygens (including phenoxy) is 2. The summed E-state index contributed by atoms with van der Waals surface area (Å²) in [4.78, 5) is 12.1. The van der Waals surface area contributed by atoms with Crippen LogP contribution in [0.4, 0.5) is 5.69 Å². The van der Waals surface area contributed by atoms with Crippen molar-refractivity contribution in [2.45, 2.75) is 6.92 Å². The minimum absolute atomic E-state index is 0.298. The first-order chi connectivity index (χ1) is 11.0. The number of benzene rings is 1. The second kappa shape index (κ2) is 7.19. The summed E-state index contributed by atoms with van der Waals surface area (Å²) in [6.45, 7) is 1.83. The van der Waals surface area contributed by atoms with Crippen LogP contribution in [0, 0.1) is 6.92 Å². The minimum atomic E-state index is -0.298. The van der Waals surface area contributed by atoms with Gasteiger partial charge in [-0.1, -0.05) is 11.6 Å². The fourth-order valence-electron chi connectivity index (χ4n) is 2.07. The van der Waals surface area contributed by atoms with E-state index in [4.69, 9.17) is 21.1 Å². The van der Waals surface area contributed by atoms with Gasteiger partial charge in [-0.15, -0.1) is 0 Å². The summed E-state index contributed by atoms with van der Waals surface area (Å²) in [5, 5.41) is 7.42. The largest absolute Gasteiger partial charge is 0.497 e. The summed E-state index contributed by atoms with van der Waals surface area (Å²) in [6, 6.07) is 5.15. The molecule has 1 aromatic carbocycles. The van der Waals surface area contributed by atoms with Crippen molar-refractivity contribution in [2.75, 3.05) is 19.5 Å². The van der Waals surface area contributed by atoms with Crippen LogP contribution in [0.2, 0.25) is 5.15 Å². The van der Waals surface area contributed by atoms with Gasteiger partial charge in [-0.25, -0.2) is 0 Å². The number of anilines is 1. The Bertz CT molecular complexity index is 753. The molecule has 6 nitrogen and oxygen atoms in total. The summed E-state index contributed by atoms with van der Waals surface area (Å²) in [7, 11) is 4.84. The highest BCUT2D eigenvalue weighted by molar-refractivity contribution is 6.31. The number of amides is 1. The monoisotopic (exact) mass is 335 g/mol. The molecular formula is C16H18ClN3O3. The highest BCUT2D eigenvalue weighted by Gasteiger charge is 2.10. The molecule has 0 unspecified atom stereocenters. The molecule has 0 atom stereocenters. The van der Waals surface area contributed by atoms with Crippen LogP contribution >= 0.6 is 11.6 Å². The van der Waals surface area contributed by atoms with Crippen LogP contribution in [0.25, 0.3) is 6.08 Å². The zero-order chi connectivity index (χ0) is 17.0. The van der Waals surface area contributed by atoms with E-state index < -0.39 is 0 Å². The van der Waals surface area contributed by atoms with Gasteiger partial charge in [0.25, 0.3) is 0 Å². The lowest BCUT2D eigenvalue weighted by molar-refractivity contribution is -0.111. The van der Waals surface area contributed by atoms with Gasteiger partial charge in [-0.05, 0) is 25.1 Å². The van der Waals surface area contributed by atoms with Gasteiger partial charge in [0.1, 0.15) is 16.7 Å². The number of hydrogen-bond donors (Lipinski definition) is 1. The molecule has 0 aliphatic heterocycles. The van der Waals surface area contributed by atoms with Crippen LogP contribution in [0.15, 0.2) is 24.3 Å². The van der Waals surface area contributed by atoms with E-state index >= 15 is 0 Å². The Morgan fingerprint density at radius 1 is 1.35 bits per heavy atom. The summed E-state index contributed by atoms with van der Waals surface area (Å²) in [6.07, 6.45) is 3.04. The number of methoxy groups -OCH3 is 2. The fourth-order valence-corrected chi connectivity index (χ4v) is 2.31. The molecule has 0 radical (unpaired) electrons. The Morgan fingerprint density at radius 2 is 2.09 bits per heavy atom. The number of carbonyl (C=O) groups is 1. The third-order valence-electron chi connectivity index (χ3n) is 3.26. The Morgan fingerprint density at radius 3 is 2.65 bits per heavy atom. The zero-order valence-corrected chi connectivity index (χ0v) is 14.1. The molecule has 23 heavy (non-hydrogen) atoms. The van der Waals surface area contributed by atoms with Gasteiger partial charge in [-0.3, -0.25) is 9.48 Å². The lowest BCUT2D eigenvalue weighted by atomic mass is 10.2. The number of carbonyl (C=O) groups excluding carboxylic acids is 1. The molecule has 0 fully saturated rings. The van der Waals surface area contributed by atoms with Crippen LogP contribution in [0.5, 0.6) is 11.5 Å². The summed E-state index contributed by atoms with van der Waals surface area (Å²) in [5.41, 5.74) is 2.02. The van der Waals surface area contributed by atoms with Crippen molar-refractivity contribution in [2.24, 2.45) is 7.05 Å². The molecule has 0 aliphatic carbocycles. The first kappa shape index (κ1) is 16.9. The van der Waals surface area contributed by atoms with Crippen molar-refractivity contribution in [3.63, 3.8) is 0 Å². The van der Waals surface area contributed by atoms with Gasteiger partial charge in [-0.2, -0.15) is 5.10 Å². The summed E-state index contributed by atoms with van der Waals surface area (Å²) in [5.74, 6) is 0.864. The molecule has 0 bridgehead atoms. The quantitative estimate of drug-likeness (QED) is 0.853. The van der Waals surface area contributed by atoms with E-state index in [1.54, 1.807) is 43.1 Å².